The smallest absolute Gasteiger partial charge is 0.224 e. The van der Waals surface area contributed by atoms with Gasteiger partial charge in [0.05, 0.1) is 0 Å². The van der Waals surface area contributed by atoms with E-state index in [0.717, 1.165) is 28.8 Å². The van der Waals surface area contributed by atoms with Crippen LogP contribution in [0.4, 0.5) is 5.69 Å². The molecular weight excluding hydrogens is 326 g/mol. The Morgan fingerprint density at radius 1 is 1.00 bits per heavy atom. The Labute approximate surface area is 155 Å². The number of pyridine rings is 1. The van der Waals surface area contributed by atoms with Gasteiger partial charge in [0.15, 0.2) is 0 Å². The van der Waals surface area contributed by atoms with E-state index in [9.17, 15) is 9.59 Å². The maximum absolute atomic E-state index is 12.2. The van der Waals surface area contributed by atoms with Crippen molar-refractivity contribution in [2.24, 2.45) is 0 Å². The lowest BCUT2D eigenvalue weighted by molar-refractivity contribution is -0.124. The summed E-state index contributed by atoms with van der Waals surface area (Å²) in [5, 5.41) is 5.87. The van der Waals surface area contributed by atoms with Crippen LogP contribution in [-0.2, 0) is 16.0 Å². The monoisotopic (exact) mass is 353 g/mol. The zero-order valence-electron chi connectivity index (χ0n) is 15.9. The number of hydrogen-bond donors (Lipinski definition) is 2. The van der Waals surface area contributed by atoms with Crippen molar-refractivity contribution >= 4 is 17.5 Å². The molecule has 0 fully saturated rings. The van der Waals surface area contributed by atoms with Crippen LogP contribution in [-0.4, -0.2) is 22.8 Å². The van der Waals surface area contributed by atoms with Gasteiger partial charge in [0.1, 0.15) is 0 Å². The third kappa shape index (κ3) is 5.99. The number of aryl methyl sites for hydroxylation is 3. The molecule has 0 spiro atoms. The second-order valence-electron chi connectivity index (χ2n) is 6.85. The largest absolute Gasteiger partial charge is 0.353 e. The highest BCUT2D eigenvalue weighted by molar-refractivity contribution is 5.94. The van der Waals surface area contributed by atoms with Gasteiger partial charge in [-0.1, -0.05) is 17.7 Å². The van der Waals surface area contributed by atoms with Crippen molar-refractivity contribution in [3.05, 3.63) is 58.9 Å². The summed E-state index contributed by atoms with van der Waals surface area (Å²) in [6.45, 7) is 7.94. The van der Waals surface area contributed by atoms with Crippen LogP contribution in [0.3, 0.4) is 0 Å². The van der Waals surface area contributed by atoms with Crippen molar-refractivity contribution < 1.29 is 9.59 Å². The van der Waals surface area contributed by atoms with Gasteiger partial charge in [0, 0.05) is 37.0 Å². The van der Waals surface area contributed by atoms with Gasteiger partial charge in [-0.25, -0.2) is 0 Å². The second kappa shape index (κ2) is 9.13. The standard InChI is InChI=1S/C21H27N3O2/c1-14-11-15(2)21(16(3)12-14)24-20(26)6-5-19(25)23-17(4)13-18-7-9-22-10-8-18/h7-12,17H,5-6,13H2,1-4H3,(H,23,25)(H,24,26). The average Bonchev–Trinajstić information content (AvgIpc) is 2.57. The average molecular weight is 353 g/mol. The highest BCUT2D eigenvalue weighted by atomic mass is 16.2. The maximum atomic E-state index is 12.2. The minimum absolute atomic E-state index is 0.00884. The molecule has 2 aromatic rings. The molecule has 2 rings (SSSR count). The summed E-state index contributed by atoms with van der Waals surface area (Å²) in [6.07, 6.45) is 4.56. The number of nitrogens with zero attached hydrogens (tertiary/aromatic N) is 1. The SMILES string of the molecule is Cc1cc(C)c(NC(=O)CCC(=O)NC(C)Cc2ccncc2)c(C)c1. The molecule has 0 saturated carbocycles. The lowest BCUT2D eigenvalue weighted by Crippen LogP contribution is -2.34. The molecule has 0 radical (unpaired) electrons. The molecule has 1 unspecified atom stereocenters. The van der Waals surface area contributed by atoms with Gasteiger partial charge in [-0.3, -0.25) is 14.6 Å². The Morgan fingerprint density at radius 3 is 2.19 bits per heavy atom. The van der Waals surface area contributed by atoms with Crippen LogP contribution in [0.1, 0.15) is 42.0 Å². The molecule has 1 aromatic heterocycles. The lowest BCUT2D eigenvalue weighted by Gasteiger charge is -2.15. The molecule has 2 N–H and O–H groups in total. The Morgan fingerprint density at radius 2 is 1.58 bits per heavy atom. The number of amides is 2. The van der Waals surface area contributed by atoms with Crippen LogP contribution < -0.4 is 10.6 Å². The molecule has 0 saturated heterocycles. The molecule has 1 heterocycles. The number of aromatic nitrogens is 1. The Kier molecular flexibility index (Phi) is 6.89. The zero-order valence-corrected chi connectivity index (χ0v) is 15.9. The molecule has 5 heteroatoms. The fourth-order valence-corrected chi connectivity index (χ4v) is 3.08. The normalized spacial score (nSPS) is 11.7. The molecule has 0 aliphatic rings. The third-order valence-electron chi connectivity index (χ3n) is 4.22. The quantitative estimate of drug-likeness (QED) is 0.801. The van der Waals surface area contributed by atoms with Crippen LogP contribution in [0.25, 0.3) is 0 Å². The van der Waals surface area contributed by atoms with E-state index in [2.05, 4.69) is 15.6 Å². The summed E-state index contributed by atoms with van der Waals surface area (Å²) < 4.78 is 0. The van der Waals surface area contributed by atoms with Crippen molar-refractivity contribution in [1.82, 2.24) is 10.3 Å². The molecule has 0 bridgehead atoms. The summed E-state index contributed by atoms with van der Waals surface area (Å²) in [6, 6.07) is 7.95. The Hall–Kier alpha value is -2.69. The van der Waals surface area contributed by atoms with E-state index in [1.165, 1.54) is 5.56 Å². The highest BCUT2D eigenvalue weighted by Crippen LogP contribution is 2.22. The lowest BCUT2D eigenvalue weighted by atomic mass is 10.0. The predicted molar refractivity (Wildman–Crippen MR) is 104 cm³/mol. The van der Waals surface area contributed by atoms with Crippen LogP contribution in [0, 0.1) is 20.8 Å². The van der Waals surface area contributed by atoms with Crippen molar-refractivity contribution in [2.45, 2.75) is 53.0 Å². The van der Waals surface area contributed by atoms with Gasteiger partial charge in [0.2, 0.25) is 11.8 Å². The minimum Gasteiger partial charge on any atom is -0.353 e. The van der Waals surface area contributed by atoms with E-state index in [0.29, 0.717) is 0 Å². The van der Waals surface area contributed by atoms with Crippen molar-refractivity contribution in [2.75, 3.05) is 5.32 Å². The first kappa shape index (κ1) is 19.6. The van der Waals surface area contributed by atoms with E-state index in [1.807, 2.05) is 52.0 Å². The molecule has 138 valence electrons. The number of rotatable bonds is 7. The number of nitrogens with one attached hydrogen (secondary N) is 2. The first-order valence-corrected chi connectivity index (χ1v) is 8.91. The first-order valence-electron chi connectivity index (χ1n) is 8.91. The molecule has 26 heavy (non-hydrogen) atoms. The third-order valence-corrected chi connectivity index (χ3v) is 4.22. The molecule has 0 aliphatic heterocycles. The summed E-state index contributed by atoms with van der Waals surface area (Å²) in [5.41, 5.74) is 5.20. The molecular formula is C21H27N3O2. The topological polar surface area (TPSA) is 71.1 Å². The summed E-state index contributed by atoms with van der Waals surface area (Å²) >= 11 is 0. The molecule has 1 aromatic carbocycles. The van der Waals surface area contributed by atoms with E-state index >= 15 is 0 Å². The number of hydrogen-bond acceptors (Lipinski definition) is 3. The molecule has 5 nitrogen and oxygen atoms in total. The Bertz CT molecular complexity index is 749. The Balaban J connectivity index is 1.79. The molecule has 1 atom stereocenters. The van der Waals surface area contributed by atoms with E-state index in [1.54, 1.807) is 12.4 Å². The van der Waals surface area contributed by atoms with Crippen LogP contribution in [0.2, 0.25) is 0 Å². The van der Waals surface area contributed by atoms with Gasteiger partial charge in [-0.2, -0.15) is 0 Å². The van der Waals surface area contributed by atoms with Crippen LogP contribution in [0.5, 0.6) is 0 Å². The maximum Gasteiger partial charge on any atom is 0.224 e. The fourth-order valence-electron chi connectivity index (χ4n) is 3.08. The summed E-state index contributed by atoms with van der Waals surface area (Å²) in [5.74, 6) is -0.254. The highest BCUT2D eigenvalue weighted by Gasteiger charge is 2.12. The number of benzene rings is 1. The number of carbonyl (C=O) groups excluding carboxylic acids is 2. The predicted octanol–water partition coefficient (Wildman–Crippen LogP) is 3.47. The van der Waals surface area contributed by atoms with Crippen molar-refractivity contribution in [3.63, 3.8) is 0 Å². The fraction of sp³-hybridized carbons (Fsp3) is 0.381. The second-order valence-corrected chi connectivity index (χ2v) is 6.85. The number of carbonyl (C=O) groups is 2. The zero-order chi connectivity index (χ0) is 19.1. The van der Waals surface area contributed by atoms with E-state index in [-0.39, 0.29) is 30.7 Å². The van der Waals surface area contributed by atoms with Gasteiger partial charge in [-0.15, -0.1) is 0 Å². The van der Waals surface area contributed by atoms with Crippen molar-refractivity contribution in [1.29, 1.82) is 0 Å². The summed E-state index contributed by atoms with van der Waals surface area (Å²) in [7, 11) is 0. The van der Waals surface area contributed by atoms with E-state index < -0.39 is 0 Å². The van der Waals surface area contributed by atoms with Gasteiger partial charge < -0.3 is 10.6 Å². The first-order chi connectivity index (χ1) is 12.3. The van der Waals surface area contributed by atoms with Crippen molar-refractivity contribution in [3.8, 4) is 0 Å². The van der Waals surface area contributed by atoms with Gasteiger partial charge in [0.25, 0.3) is 0 Å². The van der Waals surface area contributed by atoms with Gasteiger partial charge >= 0.3 is 0 Å². The number of anilines is 1. The molecule has 2 amide bonds. The minimum atomic E-state index is -0.142. The summed E-state index contributed by atoms with van der Waals surface area (Å²) in [4.78, 5) is 28.2. The molecule has 0 aliphatic carbocycles. The van der Waals surface area contributed by atoms with Gasteiger partial charge in [-0.05, 0) is 62.9 Å². The van der Waals surface area contributed by atoms with Crippen LogP contribution in [0.15, 0.2) is 36.7 Å². The van der Waals surface area contributed by atoms with E-state index in [4.69, 9.17) is 0 Å². The van der Waals surface area contributed by atoms with Crippen LogP contribution >= 0.6 is 0 Å².